The van der Waals surface area contributed by atoms with Gasteiger partial charge in [0.2, 0.25) is 0 Å². The second-order valence-corrected chi connectivity index (χ2v) is 8.73. The molecular formula is C21H21N7OS. The van der Waals surface area contributed by atoms with Crippen LogP contribution in [0.1, 0.15) is 12.8 Å². The number of piperidine rings is 1. The Hall–Kier alpha value is -3.04. The summed E-state index contributed by atoms with van der Waals surface area (Å²) in [6, 6.07) is 7.26. The molecule has 1 aromatic carbocycles. The average Bonchev–Trinajstić information content (AvgIpc) is 3.29. The van der Waals surface area contributed by atoms with Crippen molar-refractivity contribution in [3.05, 3.63) is 49.1 Å². The van der Waals surface area contributed by atoms with Crippen molar-refractivity contribution in [2.45, 2.75) is 23.1 Å². The molecule has 1 fully saturated rings. The van der Waals surface area contributed by atoms with E-state index in [1.54, 1.807) is 42.6 Å². The third kappa shape index (κ3) is 3.61. The average molecular weight is 420 g/mol. The van der Waals surface area contributed by atoms with Crippen molar-refractivity contribution in [1.82, 2.24) is 35.1 Å². The monoisotopic (exact) mass is 419 g/mol. The number of fused-ring (bicyclic) bond motifs is 1. The van der Waals surface area contributed by atoms with Gasteiger partial charge in [-0.25, -0.2) is 0 Å². The molecule has 1 saturated heterocycles. The maximum Gasteiger partial charge on any atom is 0.127 e. The van der Waals surface area contributed by atoms with E-state index in [0.29, 0.717) is 22.2 Å². The van der Waals surface area contributed by atoms with Crippen LogP contribution in [0.3, 0.4) is 0 Å². The first-order valence-electron chi connectivity index (χ1n) is 9.85. The van der Waals surface area contributed by atoms with E-state index >= 15 is 0 Å². The van der Waals surface area contributed by atoms with Gasteiger partial charge in [-0.05, 0) is 44.6 Å². The van der Waals surface area contributed by atoms with Gasteiger partial charge in [0, 0.05) is 46.6 Å². The van der Waals surface area contributed by atoms with E-state index in [2.05, 4.69) is 37.3 Å². The van der Waals surface area contributed by atoms with Crippen molar-refractivity contribution in [2.75, 3.05) is 20.1 Å². The van der Waals surface area contributed by atoms with Gasteiger partial charge in [-0.15, -0.1) is 10.2 Å². The summed E-state index contributed by atoms with van der Waals surface area (Å²) in [5, 5.41) is 31.2. The van der Waals surface area contributed by atoms with Gasteiger partial charge in [-0.2, -0.15) is 15.0 Å². The second kappa shape index (κ2) is 8.00. The fourth-order valence-electron chi connectivity index (χ4n) is 3.83. The van der Waals surface area contributed by atoms with Gasteiger partial charge < -0.3 is 10.0 Å². The van der Waals surface area contributed by atoms with Crippen LogP contribution in [0.4, 0.5) is 0 Å². The molecule has 0 bridgehead atoms. The predicted molar refractivity (Wildman–Crippen MR) is 116 cm³/mol. The summed E-state index contributed by atoms with van der Waals surface area (Å²) in [7, 11) is 2.16. The van der Waals surface area contributed by atoms with Crippen molar-refractivity contribution in [2.24, 2.45) is 0 Å². The number of hydrogen-bond donors (Lipinski definition) is 1. The second-order valence-electron chi connectivity index (χ2n) is 7.44. The number of benzene rings is 1. The maximum absolute atomic E-state index is 10.7. The van der Waals surface area contributed by atoms with Crippen LogP contribution in [0.2, 0.25) is 0 Å². The van der Waals surface area contributed by atoms with Crippen LogP contribution in [-0.2, 0) is 0 Å². The lowest BCUT2D eigenvalue weighted by atomic mass is 10.1. The number of pyridine rings is 1. The minimum absolute atomic E-state index is 0.0959. The Morgan fingerprint density at radius 2 is 1.93 bits per heavy atom. The molecular weight excluding hydrogens is 398 g/mol. The highest BCUT2D eigenvalue weighted by atomic mass is 32.2. The van der Waals surface area contributed by atoms with Gasteiger partial charge in [-0.1, -0.05) is 11.8 Å². The molecule has 1 aliphatic heterocycles. The van der Waals surface area contributed by atoms with Crippen molar-refractivity contribution in [3.8, 4) is 22.7 Å². The number of nitrogens with zero attached hydrogens (tertiary/aromatic N) is 7. The number of likely N-dealkylation sites (tertiary alicyclic amines) is 1. The van der Waals surface area contributed by atoms with E-state index in [1.807, 2.05) is 18.2 Å². The smallest absolute Gasteiger partial charge is 0.127 e. The summed E-state index contributed by atoms with van der Waals surface area (Å²) in [5.74, 6) is 0.0959. The number of phenols is 1. The quantitative estimate of drug-likeness (QED) is 0.539. The zero-order valence-corrected chi connectivity index (χ0v) is 17.3. The highest BCUT2D eigenvalue weighted by Crippen LogP contribution is 2.38. The third-order valence-corrected chi connectivity index (χ3v) is 6.54. The highest BCUT2D eigenvalue weighted by molar-refractivity contribution is 8.00. The molecule has 9 heteroatoms. The van der Waals surface area contributed by atoms with E-state index in [0.717, 1.165) is 28.9 Å². The van der Waals surface area contributed by atoms with Crippen LogP contribution in [0.25, 0.3) is 27.7 Å². The molecule has 4 heterocycles. The largest absolute Gasteiger partial charge is 0.507 e. The summed E-state index contributed by atoms with van der Waals surface area (Å²) in [4.78, 5) is 8.11. The van der Waals surface area contributed by atoms with Gasteiger partial charge >= 0.3 is 0 Å². The molecule has 1 N–H and O–H groups in total. The lowest BCUT2D eigenvalue weighted by Gasteiger charge is -2.29. The summed E-state index contributed by atoms with van der Waals surface area (Å²) >= 11 is 1.78. The molecule has 3 aromatic heterocycles. The molecule has 0 amide bonds. The van der Waals surface area contributed by atoms with Crippen LogP contribution < -0.4 is 0 Å². The molecule has 1 atom stereocenters. The zero-order valence-electron chi connectivity index (χ0n) is 16.5. The molecule has 1 aliphatic rings. The molecule has 0 unspecified atom stereocenters. The number of rotatable bonds is 4. The lowest BCUT2D eigenvalue weighted by Crippen LogP contribution is -2.33. The fraction of sp³-hybridized carbons (Fsp3) is 0.286. The van der Waals surface area contributed by atoms with Gasteiger partial charge in [0.05, 0.1) is 18.1 Å². The number of thioether (sulfide) groups is 1. The SMILES string of the molecule is CN1CCC[C@@H](Sc2nnc(-c3ccc(-n4nccn4)cc3O)c3cnccc23)C1. The van der Waals surface area contributed by atoms with E-state index < -0.39 is 0 Å². The van der Waals surface area contributed by atoms with Crippen molar-refractivity contribution in [3.63, 3.8) is 0 Å². The molecule has 8 nitrogen and oxygen atoms in total. The third-order valence-electron chi connectivity index (χ3n) is 5.29. The summed E-state index contributed by atoms with van der Waals surface area (Å²) in [5.41, 5.74) is 1.89. The van der Waals surface area contributed by atoms with E-state index in [1.165, 1.54) is 17.6 Å². The Labute approximate surface area is 178 Å². The summed E-state index contributed by atoms with van der Waals surface area (Å²) < 4.78 is 0. The molecule has 0 aliphatic carbocycles. The number of hydrogen-bond acceptors (Lipinski definition) is 8. The standard InChI is InChI=1S/C21H21N7OS/c1-27-10-2-3-15(13-27)30-21-16-6-7-22-12-18(16)20(25-26-21)17-5-4-14(11-19(17)29)28-23-8-9-24-28/h4-9,11-12,15,29H,2-3,10,13H2,1H3/t15-/m1/s1. The molecule has 152 valence electrons. The molecule has 0 spiro atoms. The first-order valence-corrected chi connectivity index (χ1v) is 10.7. The highest BCUT2D eigenvalue weighted by Gasteiger charge is 2.21. The normalized spacial score (nSPS) is 17.4. The first-order chi connectivity index (χ1) is 14.7. The van der Waals surface area contributed by atoms with Crippen LogP contribution >= 0.6 is 11.8 Å². The Balaban J connectivity index is 1.53. The summed E-state index contributed by atoms with van der Waals surface area (Å²) in [6.07, 6.45) is 9.13. The van der Waals surface area contributed by atoms with Crippen LogP contribution in [-0.4, -0.2) is 65.6 Å². The van der Waals surface area contributed by atoms with E-state index in [4.69, 9.17) is 0 Å². The molecule has 4 aromatic rings. The minimum atomic E-state index is 0.0959. The van der Waals surface area contributed by atoms with E-state index in [9.17, 15) is 5.11 Å². The van der Waals surface area contributed by atoms with Gasteiger partial charge in [-0.3, -0.25) is 4.98 Å². The Morgan fingerprint density at radius 1 is 1.07 bits per heavy atom. The Bertz CT molecular complexity index is 1180. The molecule has 30 heavy (non-hydrogen) atoms. The number of aromatic hydroxyl groups is 1. The predicted octanol–water partition coefficient (Wildman–Crippen LogP) is 3.16. The van der Waals surface area contributed by atoms with Gasteiger partial charge in [0.15, 0.2) is 0 Å². The van der Waals surface area contributed by atoms with Crippen molar-refractivity contribution in [1.29, 1.82) is 0 Å². The van der Waals surface area contributed by atoms with Gasteiger partial charge in [0.1, 0.15) is 16.5 Å². The maximum atomic E-state index is 10.7. The Kier molecular flexibility index (Phi) is 5.06. The lowest BCUT2D eigenvalue weighted by molar-refractivity contribution is 0.283. The molecule has 0 saturated carbocycles. The molecule has 5 rings (SSSR count). The van der Waals surface area contributed by atoms with Gasteiger partial charge in [0.25, 0.3) is 0 Å². The Morgan fingerprint density at radius 3 is 2.73 bits per heavy atom. The van der Waals surface area contributed by atoms with Crippen LogP contribution in [0, 0.1) is 0 Å². The first kappa shape index (κ1) is 19.0. The van der Waals surface area contributed by atoms with Crippen LogP contribution in [0.15, 0.2) is 54.1 Å². The summed E-state index contributed by atoms with van der Waals surface area (Å²) in [6.45, 7) is 2.19. The number of aromatic nitrogens is 6. The fourth-order valence-corrected chi connectivity index (χ4v) is 5.15. The minimum Gasteiger partial charge on any atom is -0.507 e. The van der Waals surface area contributed by atoms with Crippen molar-refractivity contribution >= 4 is 22.5 Å². The van der Waals surface area contributed by atoms with Crippen molar-refractivity contribution < 1.29 is 5.11 Å². The topological polar surface area (TPSA) is 92.9 Å². The van der Waals surface area contributed by atoms with E-state index in [-0.39, 0.29) is 5.75 Å². The number of phenolic OH excluding ortho intramolecular Hbond substituents is 1. The van der Waals surface area contributed by atoms with Crippen LogP contribution in [0.5, 0.6) is 5.75 Å². The molecule has 0 radical (unpaired) electrons. The zero-order chi connectivity index (χ0) is 20.5.